The van der Waals surface area contributed by atoms with Crippen molar-refractivity contribution in [1.82, 2.24) is 5.32 Å². The van der Waals surface area contributed by atoms with Gasteiger partial charge in [0.1, 0.15) is 11.8 Å². The molecule has 0 radical (unpaired) electrons. The fraction of sp³-hybridized carbons (Fsp3) is 0.500. The van der Waals surface area contributed by atoms with Crippen LogP contribution in [0.1, 0.15) is 25.8 Å². The van der Waals surface area contributed by atoms with E-state index in [2.05, 4.69) is 14.8 Å². The third-order valence-corrected chi connectivity index (χ3v) is 3.02. The number of carbonyl (C=O) groups excluding carboxylic acids is 2. The Morgan fingerprint density at radius 1 is 1.26 bits per heavy atom. The maximum absolute atomic E-state index is 12.2. The van der Waals surface area contributed by atoms with Crippen molar-refractivity contribution in [3.63, 3.8) is 0 Å². The lowest BCUT2D eigenvalue weighted by molar-refractivity contribution is -0.145. The third-order valence-electron chi connectivity index (χ3n) is 3.02. The summed E-state index contributed by atoms with van der Waals surface area (Å²) < 4.78 is 33.3. The molecule has 0 aromatic heterocycles. The Labute approximate surface area is 134 Å². The van der Waals surface area contributed by atoms with Crippen LogP contribution in [-0.4, -0.2) is 31.6 Å². The van der Waals surface area contributed by atoms with E-state index in [9.17, 15) is 18.4 Å². The minimum Gasteiger partial charge on any atom is -0.467 e. The maximum atomic E-state index is 12.2. The summed E-state index contributed by atoms with van der Waals surface area (Å²) in [6.45, 7) is 0.925. The van der Waals surface area contributed by atoms with E-state index in [1.54, 1.807) is 6.07 Å². The van der Waals surface area contributed by atoms with Crippen LogP contribution in [0.5, 0.6) is 5.75 Å². The number of alkyl halides is 2. The fourth-order valence-electron chi connectivity index (χ4n) is 2.09. The Kier molecular flexibility index (Phi) is 7.44. The number of ether oxygens (including phenoxy) is 2. The van der Waals surface area contributed by atoms with Gasteiger partial charge in [0.15, 0.2) is 0 Å². The summed E-state index contributed by atoms with van der Waals surface area (Å²) in [5.74, 6) is -0.726. The molecule has 5 nitrogen and oxygen atoms in total. The second-order valence-corrected chi connectivity index (χ2v) is 5.48. The molecule has 128 valence electrons. The first-order valence-corrected chi connectivity index (χ1v) is 7.22. The van der Waals surface area contributed by atoms with Gasteiger partial charge in [-0.05, 0) is 30.0 Å². The minimum absolute atomic E-state index is 0.0167. The predicted molar refractivity (Wildman–Crippen MR) is 80.2 cm³/mol. The van der Waals surface area contributed by atoms with E-state index in [1.165, 1.54) is 25.3 Å². The van der Waals surface area contributed by atoms with E-state index < -0.39 is 24.5 Å². The molecule has 0 saturated carbocycles. The second kappa shape index (κ2) is 9.07. The zero-order valence-corrected chi connectivity index (χ0v) is 13.3. The van der Waals surface area contributed by atoms with E-state index in [4.69, 9.17) is 0 Å². The number of halogens is 2. The molecule has 0 aliphatic carbocycles. The van der Waals surface area contributed by atoms with E-state index in [0.717, 1.165) is 0 Å². The number of hydrogen-bond donors (Lipinski definition) is 1. The van der Waals surface area contributed by atoms with Gasteiger partial charge in [-0.2, -0.15) is 8.78 Å². The van der Waals surface area contributed by atoms with Gasteiger partial charge in [-0.3, -0.25) is 4.79 Å². The van der Waals surface area contributed by atoms with E-state index in [0.29, 0.717) is 12.0 Å². The van der Waals surface area contributed by atoms with Crippen molar-refractivity contribution < 1.29 is 27.8 Å². The minimum atomic E-state index is -2.92. The molecular weight excluding hydrogens is 308 g/mol. The van der Waals surface area contributed by atoms with Gasteiger partial charge in [0.25, 0.3) is 0 Å². The predicted octanol–water partition coefficient (Wildman–Crippen LogP) is 2.53. The van der Waals surface area contributed by atoms with Crippen molar-refractivity contribution in [2.45, 2.75) is 39.3 Å². The van der Waals surface area contributed by atoms with Gasteiger partial charge in [0, 0.05) is 0 Å². The lowest BCUT2D eigenvalue weighted by Crippen LogP contribution is -2.43. The molecule has 1 aromatic carbocycles. The highest BCUT2D eigenvalue weighted by molar-refractivity contribution is 5.85. The topological polar surface area (TPSA) is 64.6 Å². The molecule has 1 unspecified atom stereocenters. The molecule has 1 atom stereocenters. The third kappa shape index (κ3) is 7.08. The van der Waals surface area contributed by atoms with Crippen LogP contribution in [0.4, 0.5) is 8.78 Å². The van der Waals surface area contributed by atoms with Crippen molar-refractivity contribution in [1.29, 1.82) is 0 Å². The van der Waals surface area contributed by atoms with Gasteiger partial charge in [0.2, 0.25) is 5.91 Å². The van der Waals surface area contributed by atoms with Gasteiger partial charge in [0.05, 0.1) is 13.5 Å². The molecule has 0 fully saturated rings. The van der Waals surface area contributed by atoms with E-state index in [-0.39, 0.29) is 18.1 Å². The van der Waals surface area contributed by atoms with Crippen LogP contribution in [0.15, 0.2) is 24.3 Å². The zero-order valence-electron chi connectivity index (χ0n) is 13.3. The van der Waals surface area contributed by atoms with Gasteiger partial charge < -0.3 is 14.8 Å². The molecule has 1 aromatic rings. The summed E-state index contributed by atoms with van der Waals surface area (Å²) in [4.78, 5) is 23.7. The van der Waals surface area contributed by atoms with Crippen LogP contribution in [0.25, 0.3) is 0 Å². The van der Waals surface area contributed by atoms with Crippen LogP contribution < -0.4 is 10.1 Å². The average Bonchev–Trinajstić information content (AvgIpc) is 2.44. The van der Waals surface area contributed by atoms with Crippen LogP contribution in [0.2, 0.25) is 0 Å². The molecule has 7 heteroatoms. The normalized spacial score (nSPS) is 12.1. The summed E-state index contributed by atoms with van der Waals surface area (Å²) in [6, 6.07) is 5.15. The zero-order chi connectivity index (χ0) is 17.4. The summed E-state index contributed by atoms with van der Waals surface area (Å²) in [7, 11) is 1.26. The molecule has 0 bridgehead atoms. The van der Waals surface area contributed by atoms with Gasteiger partial charge in [-0.25, -0.2) is 4.79 Å². The van der Waals surface area contributed by atoms with Crippen molar-refractivity contribution in [3.8, 4) is 5.75 Å². The Morgan fingerprint density at radius 2 is 1.96 bits per heavy atom. The molecule has 1 amide bonds. The SMILES string of the molecule is COC(=O)C(CC(C)C)NC(=O)Cc1cccc(OC(F)F)c1. The first kappa shape index (κ1) is 18.9. The number of carbonyl (C=O) groups is 2. The van der Waals surface area contributed by atoms with Gasteiger partial charge in [-0.1, -0.05) is 26.0 Å². The van der Waals surface area contributed by atoms with Crippen molar-refractivity contribution in [2.24, 2.45) is 5.92 Å². The summed E-state index contributed by atoms with van der Waals surface area (Å²) in [6.07, 6.45) is 0.402. The largest absolute Gasteiger partial charge is 0.467 e. The molecule has 0 aliphatic rings. The van der Waals surface area contributed by atoms with Crippen molar-refractivity contribution >= 4 is 11.9 Å². The highest BCUT2D eigenvalue weighted by Crippen LogP contribution is 2.16. The van der Waals surface area contributed by atoms with Crippen LogP contribution in [0.3, 0.4) is 0 Å². The molecule has 0 spiro atoms. The van der Waals surface area contributed by atoms with Crippen molar-refractivity contribution in [2.75, 3.05) is 7.11 Å². The lowest BCUT2D eigenvalue weighted by atomic mass is 10.0. The summed E-state index contributed by atoms with van der Waals surface area (Å²) >= 11 is 0. The molecule has 23 heavy (non-hydrogen) atoms. The highest BCUT2D eigenvalue weighted by atomic mass is 19.3. The Hall–Kier alpha value is -2.18. The Morgan fingerprint density at radius 3 is 2.52 bits per heavy atom. The molecule has 0 heterocycles. The smallest absolute Gasteiger partial charge is 0.387 e. The summed E-state index contributed by atoms with van der Waals surface area (Å²) in [5.41, 5.74) is 0.508. The second-order valence-electron chi connectivity index (χ2n) is 5.48. The first-order valence-electron chi connectivity index (χ1n) is 7.22. The number of esters is 1. The van der Waals surface area contributed by atoms with E-state index in [1.807, 2.05) is 13.8 Å². The van der Waals surface area contributed by atoms with Crippen LogP contribution in [0, 0.1) is 5.92 Å². The molecular formula is C16H21F2NO4. The van der Waals surface area contributed by atoms with Crippen LogP contribution in [-0.2, 0) is 20.7 Å². The number of nitrogens with one attached hydrogen (secondary N) is 1. The van der Waals surface area contributed by atoms with Crippen LogP contribution >= 0.6 is 0 Å². The quantitative estimate of drug-likeness (QED) is 0.745. The van der Waals surface area contributed by atoms with E-state index >= 15 is 0 Å². The number of amides is 1. The summed E-state index contributed by atoms with van der Waals surface area (Å²) in [5, 5.41) is 2.61. The molecule has 1 rings (SSSR count). The van der Waals surface area contributed by atoms with Gasteiger partial charge >= 0.3 is 12.6 Å². The number of rotatable bonds is 8. The monoisotopic (exact) mass is 329 g/mol. The van der Waals surface area contributed by atoms with Gasteiger partial charge in [-0.15, -0.1) is 0 Å². The number of methoxy groups -OCH3 is 1. The van der Waals surface area contributed by atoms with Crippen molar-refractivity contribution in [3.05, 3.63) is 29.8 Å². The molecule has 0 saturated heterocycles. The Balaban J connectivity index is 2.68. The first-order chi connectivity index (χ1) is 10.8. The lowest BCUT2D eigenvalue weighted by Gasteiger charge is -2.18. The fourth-order valence-corrected chi connectivity index (χ4v) is 2.09. The standard InChI is InChI=1S/C16H21F2NO4/c1-10(2)7-13(15(21)22-3)19-14(20)9-11-5-4-6-12(8-11)23-16(17)18/h4-6,8,10,13,16H,7,9H2,1-3H3,(H,19,20). The molecule has 1 N–H and O–H groups in total. The Bertz CT molecular complexity index is 535. The number of benzene rings is 1. The highest BCUT2D eigenvalue weighted by Gasteiger charge is 2.22. The molecule has 0 aliphatic heterocycles. The number of hydrogen-bond acceptors (Lipinski definition) is 4. The average molecular weight is 329 g/mol. The maximum Gasteiger partial charge on any atom is 0.387 e.